The number of hydrogen-bond acceptors (Lipinski definition) is 4. The number of imide groups is 1. The number of rotatable bonds is 5. The lowest BCUT2D eigenvalue weighted by molar-refractivity contribution is -0.120. The number of nitrogens with zero attached hydrogens (tertiary/aromatic N) is 2. The molecule has 0 N–H and O–H groups in total. The standard InChI is InChI=1S/C27H23ClN2O3/c1-3-33-20-13-11-19(12-14-20)24-25(29-16-15-18-7-4-5-9-23(18)29)27(32)30(26(24)31)22-10-6-8-21(28)17(22)2/h4-14H,3,15-16H2,1-2H3. The van der Waals surface area contributed by atoms with Gasteiger partial charge in [-0.1, -0.05) is 48.0 Å². The van der Waals surface area contributed by atoms with Crippen LogP contribution in [0.5, 0.6) is 5.75 Å². The van der Waals surface area contributed by atoms with Crippen LogP contribution in [0.1, 0.15) is 23.6 Å². The lowest BCUT2D eigenvalue weighted by Crippen LogP contribution is -2.35. The molecule has 3 aromatic carbocycles. The summed E-state index contributed by atoms with van der Waals surface area (Å²) in [6.07, 6.45) is 0.813. The summed E-state index contributed by atoms with van der Waals surface area (Å²) in [6, 6.07) is 20.6. The van der Waals surface area contributed by atoms with E-state index in [0.717, 1.165) is 17.7 Å². The molecule has 0 saturated heterocycles. The zero-order valence-corrected chi connectivity index (χ0v) is 19.2. The second-order valence-electron chi connectivity index (χ2n) is 8.04. The predicted octanol–water partition coefficient (Wildman–Crippen LogP) is 5.39. The first kappa shape index (κ1) is 21.3. The third-order valence-electron chi connectivity index (χ3n) is 6.15. The first-order valence-electron chi connectivity index (χ1n) is 11.0. The molecule has 0 bridgehead atoms. The maximum atomic E-state index is 13.9. The molecule has 0 fully saturated rings. The molecule has 2 amide bonds. The summed E-state index contributed by atoms with van der Waals surface area (Å²) >= 11 is 6.33. The number of ether oxygens (including phenoxy) is 1. The Morgan fingerprint density at radius 1 is 0.909 bits per heavy atom. The number of halogens is 1. The van der Waals surface area contributed by atoms with Gasteiger partial charge in [-0.05, 0) is 67.3 Å². The minimum absolute atomic E-state index is 0.342. The molecule has 33 heavy (non-hydrogen) atoms. The molecule has 5 nitrogen and oxygen atoms in total. The van der Waals surface area contributed by atoms with Gasteiger partial charge in [-0.15, -0.1) is 0 Å². The Kier molecular flexibility index (Phi) is 5.43. The zero-order valence-electron chi connectivity index (χ0n) is 18.5. The Balaban J connectivity index is 1.67. The van der Waals surface area contributed by atoms with Gasteiger partial charge >= 0.3 is 0 Å². The first-order chi connectivity index (χ1) is 16.0. The Labute approximate surface area is 197 Å². The third-order valence-corrected chi connectivity index (χ3v) is 6.56. The van der Waals surface area contributed by atoms with Gasteiger partial charge in [0.05, 0.1) is 17.9 Å². The summed E-state index contributed by atoms with van der Waals surface area (Å²) in [6.45, 7) is 4.93. The second-order valence-corrected chi connectivity index (χ2v) is 8.45. The molecule has 0 atom stereocenters. The maximum absolute atomic E-state index is 13.9. The number of benzene rings is 3. The van der Waals surface area contributed by atoms with Crippen LogP contribution in [0.25, 0.3) is 5.57 Å². The average Bonchev–Trinajstić information content (AvgIpc) is 3.35. The van der Waals surface area contributed by atoms with E-state index in [0.29, 0.717) is 52.0 Å². The highest BCUT2D eigenvalue weighted by Crippen LogP contribution is 2.41. The van der Waals surface area contributed by atoms with E-state index in [1.807, 2.05) is 61.2 Å². The van der Waals surface area contributed by atoms with Gasteiger partial charge in [0.1, 0.15) is 11.4 Å². The molecule has 2 aliphatic rings. The van der Waals surface area contributed by atoms with Crippen LogP contribution in [-0.4, -0.2) is 25.0 Å². The van der Waals surface area contributed by atoms with E-state index in [-0.39, 0.29) is 11.8 Å². The van der Waals surface area contributed by atoms with E-state index in [1.165, 1.54) is 4.90 Å². The van der Waals surface area contributed by atoms with Crippen molar-refractivity contribution in [2.24, 2.45) is 0 Å². The van der Waals surface area contributed by atoms with Crippen LogP contribution in [-0.2, 0) is 16.0 Å². The normalized spacial score (nSPS) is 15.5. The molecule has 0 saturated carbocycles. The summed E-state index contributed by atoms with van der Waals surface area (Å²) in [4.78, 5) is 30.9. The summed E-state index contributed by atoms with van der Waals surface area (Å²) < 4.78 is 5.56. The number of amides is 2. The van der Waals surface area contributed by atoms with Crippen LogP contribution in [0.15, 0.2) is 72.4 Å². The van der Waals surface area contributed by atoms with E-state index >= 15 is 0 Å². The van der Waals surface area contributed by atoms with Crippen molar-refractivity contribution in [1.82, 2.24) is 0 Å². The number of carbonyl (C=O) groups is 2. The molecule has 0 aromatic heterocycles. The fourth-order valence-corrected chi connectivity index (χ4v) is 4.71. The number of anilines is 2. The number of fused-ring (bicyclic) bond motifs is 1. The number of para-hydroxylation sites is 1. The van der Waals surface area contributed by atoms with Crippen molar-refractivity contribution in [2.45, 2.75) is 20.3 Å². The Bertz CT molecular complexity index is 1300. The first-order valence-corrected chi connectivity index (χ1v) is 11.4. The highest BCUT2D eigenvalue weighted by atomic mass is 35.5. The summed E-state index contributed by atoms with van der Waals surface area (Å²) in [5.74, 6) is 0.0223. The van der Waals surface area contributed by atoms with Crippen molar-refractivity contribution >= 4 is 40.4 Å². The minimum atomic E-state index is -0.353. The topological polar surface area (TPSA) is 49.9 Å². The highest BCUT2D eigenvalue weighted by Gasteiger charge is 2.44. The lowest BCUT2D eigenvalue weighted by atomic mass is 10.0. The van der Waals surface area contributed by atoms with Crippen LogP contribution >= 0.6 is 11.6 Å². The van der Waals surface area contributed by atoms with Gasteiger partial charge in [0.2, 0.25) is 0 Å². The maximum Gasteiger partial charge on any atom is 0.282 e. The quantitative estimate of drug-likeness (QED) is 0.481. The van der Waals surface area contributed by atoms with Gasteiger partial charge < -0.3 is 9.64 Å². The molecule has 0 unspecified atom stereocenters. The monoisotopic (exact) mass is 458 g/mol. The number of carbonyl (C=O) groups excluding carboxylic acids is 2. The van der Waals surface area contributed by atoms with Crippen molar-refractivity contribution in [2.75, 3.05) is 23.0 Å². The van der Waals surface area contributed by atoms with Crippen LogP contribution in [0.3, 0.4) is 0 Å². The molecule has 6 heteroatoms. The zero-order chi connectivity index (χ0) is 23.1. The summed E-state index contributed by atoms with van der Waals surface area (Å²) in [5, 5.41) is 0.510. The van der Waals surface area contributed by atoms with Gasteiger partial charge in [-0.2, -0.15) is 0 Å². The average molecular weight is 459 g/mol. The number of hydrogen-bond donors (Lipinski definition) is 0. The van der Waals surface area contributed by atoms with Gasteiger partial charge in [0.25, 0.3) is 11.8 Å². The largest absolute Gasteiger partial charge is 0.494 e. The predicted molar refractivity (Wildman–Crippen MR) is 131 cm³/mol. The minimum Gasteiger partial charge on any atom is -0.494 e. The van der Waals surface area contributed by atoms with Crippen molar-refractivity contribution < 1.29 is 14.3 Å². The van der Waals surface area contributed by atoms with Gasteiger partial charge in [-0.25, -0.2) is 4.90 Å². The van der Waals surface area contributed by atoms with Crippen LogP contribution < -0.4 is 14.5 Å². The van der Waals surface area contributed by atoms with Crippen molar-refractivity contribution in [3.8, 4) is 5.75 Å². The Hall–Kier alpha value is -3.57. The van der Waals surface area contributed by atoms with E-state index in [4.69, 9.17) is 16.3 Å². The van der Waals surface area contributed by atoms with Crippen molar-refractivity contribution in [1.29, 1.82) is 0 Å². The SMILES string of the molecule is CCOc1ccc(C2=C(N3CCc4ccccc43)C(=O)N(c3cccc(Cl)c3C)C2=O)cc1. The van der Waals surface area contributed by atoms with Gasteiger partial charge in [-0.3, -0.25) is 9.59 Å². The molecule has 2 heterocycles. The highest BCUT2D eigenvalue weighted by molar-refractivity contribution is 6.47. The molecule has 0 radical (unpaired) electrons. The molecular formula is C27H23ClN2O3. The molecule has 3 aromatic rings. The lowest BCUT2D eigenvalue weighted by Gasteiger charge is -2.22. The smallest absolute Gasteiger partial charge is 0.282 e. The molecule has 166 valence electrons. The molecular weight excluding hydrogens is 436 g/mol. The summed E-state index contributed by atoms with van der Waals surface area (Å²) in [7, 11) is 0. The van der Waals surface area contributed by atoms with Crippen molar-refractivity contribution in [3.05, 3.63) is 94.1 Å². The van der Waals surface area contributed by atoms with Crippen LogP contribution in [0.2, 0.25) is 5.02 Å². The Morgan fingerprint density at radius 3 is 2.39 bits per heavy atom. The molecule has 5 rings (SSSR count). The van der Waals surface area contributed by atoms with Gasteiger partial charge in [0, 0.05) is 17.3 Å². The third kappa shape index (κ3) is 3.49. The van der Waals surface area contributed by atoms with Crippen LogP contribution in [0, 0.1) is 6.92 Å². The van der Waals surface area contributed by atoms with Crippen LogP contribution in [0.4, 0.5) is 11.4 Å². The fraction of sp³-hybridized carbons (Fsp3) is 0.185. The molecule has 2 aliphatic heterocycles. The van der Waals surface area contributed by atoms with E-state index in [2.05, 4.69) is 6.07 Å². The molecule has 0 aliphatic carbocycles. The molecule has 0 spiro atoms. The van der Waals surface area contributed by atoms with E-state index in [9.17, 15) is 9.59 Å². The summed E-state index contributed by atoms with van der Waals surface area (Å²) in [5.41, 5.74) is 4.78. The van der Waals surface area contributed by atoms with Gasteiger partial charge in [0.15, 0.2) is 0 Å². The van der Waals surface area contributed by atoms with E-state index < -0.39 is 0 Å². The Morgan fingerprint density at radius 2 is 1.64 bits per heavy atom. The van der Waals surface area contributed by atoms with Crippen molar-refractivity contribution in [3.63, 3.8) is 0 Å². The second kappa shape index (κ2) is 8.41. The van der Waals surface area contributed by atoms with E-state index in [1.54, 1.807) is 18.2 Å². The fourth-order valence-electron chi connectivity index (χ4n) is 4.54.